The summed E-state index contributed by atoms with van der Waals surface area (Å²) in [5.41, 5.74) is 1.64. The van der Waals surface area contributed by atoms with Gasteiger partial charge in [0.25, 0.3) is 5.91 Å². The third kappa shape index (κ3) is 11.1. The molecule has 2 rings (SSSR count). The smallest absolute Gasteiger partial charge is 0.338 e. The number of carbonyl (C=O) groups is 2. The number of hydrogen-bond donors (Lipinski definition) is 1. The average Bonchev–Trinajstić information content (AvgIpc) is 2.88. The summed E-state index contributed by atoms with van der Waals surface area (Å²) in [4.78, 5) is 24.9. The normalized spacial score (nSPS) is 10.9. The van der Waals surface area contributed by atoms with E-state index in [0.717, 1.165) is 36.3 Å². The van der Waals surface area contributed by atoms with E-state index in [1.54, 1.807) is 36.4 Å². The SMILES string of the molecule is CCCCCCCCOc1ccc(C(=O)Nc2ccc(C(=O)OCC[N+](C)(CC)CC)cc2)cc1.[Br-]. The van der Waals surface area contributed by atoms with Gasteiger partial charge in [-0.2, -0.15) is 0 Å². The highest BCUT2D eigenvalue weighted by Gasteiger charge is 2.17. The molecule has 0 atom stereocenters. The first-order valence-corrected chi connectivity index (χ1v) is 13.1. The summed E-state index contributed by atoms with van der Waals surface area (Å²) in [6.45, 7) is 10.4. The van der Waals surface area contributed by atoms with Crippen LogP contribution in [0.2, 0.25) is 0 Å². The number of nitrogens with one attached hydrogen (secondary N) is 1. The van der Waals surface area contributed by atoms with Crippen LogP contribution >= 0.6 is 0 Å². The monoisotopic (exact) mass is 562 g/mol. The molecule has 2 aromatic rings. The second kappa shape index (κ2) is 17.1. The van der Waals surface area contributed by atoms with Crippen molar-refractivity contribution in [3.05, 3.63) is 59.7 Å². The number of hydrogen-bond acceptors (Lipinski definition) is 4. The van der Waals surface area contributed by atoms with Gasteiger partial charge in [0.1, 0.15) is 18.9 Å². The number of likely N-dealkylation sites (N-methyl/N-ethyl adjacent to an activating group) is 1. The van der Waals surface area contributed by atoms with E-state index in [1.165, 1.54) is 32.1 Å². The van der Waals surface area contributed by atoms with Crippen molar-refractivity contribution >= 4 is 17.6 Å². The van der Waals surface area contributed by atoms with Gasteiger partial charge in [-0.3, -0.25) is 4.79 Å². The molecule has 1 amide bonds. The molecule has 0 radical (unpaired) electrons. The quantitative estimate of drug-likeness (QED) is 0.193. The lowest BCUT2D eigenvalue weighted by molar-refractivity contribution is -0.906. The third-order valence-corrected chi connectivity index (χ3v) is 6.65. The minimum Gasteiger partial charge on any atom is -1.00 e. The van der Waals surface area contributed by atoms with Crippen LogP contribution in [0.25, 0.3) is 0 Å². The highest BCUT2D eigenvalue weighted by atomic mass is 79.9. The number of benzene rings is 2. The Bertz CT molecular complexity index is 896. The van der Waals surface area contributed by atoms with Crippen molar-refractivity contribution in [2.45, 2.75) is 59.3 Å². The van der Waals surface area contributed by atoms with E-state index in [1.807, 2.05) is 12.1 Å². The highest BCUT2D eigenvalue weighted by Crippen LogP contribution is 2.16. The van der Waals surface area contributed by atoms with Gasteiger partial charge in [-0.15, -0.1) is 0 Å². The Morgan fingerprint density at radius 2 is 1.36 bits per heavy atom. The number of unbranched alkanes of at least 4 members (excludes halogenated alkanes) is 5. The molecule has 1 N–H and O–H groups in total. The summed E-state index contributed by atoms with van der Waals surface area (Å²) < 4.78 is 12.1. The van der Waals surface area contributed by atoms with E-state index in [0.29, 0.717) is 30.0 Å². The van der Waals surface area contributed by atoms with E-state index >= 15 is 0 Å². The summed E-state index contributed by atoms with van der Waals surface area (Å²) in [6, 6.07) is 13.9. The van der Waals surface area contributed by atoms with Gasteiger partial charge in [-0.05, 0) is 68.8 Å². The van der Waals surface area contributed by atoms with Crippen LogP contribution in [-0.2, 0) is 4.74 Å². The van der Waals surface area contributed by atoms with Crippen LogP contribution < -0.4 is 27.0 Å². The van der Waals surface area contributed by atoms with Crippen molar-refractivity contribution in [3.63, 3.8) is 0 Å². The molecule has 200 valence electrons. The Kier molecular flexibility index (Phi) is 15.1. The Balaban J connectivity index is 0.00000648. The Labute approximate surface area is 227 Å². The topological polar surface area (TPSA) is 64.6 Å². The molecular weight excluding hydrogens is 520 g/mol. The summed E-state index contributed by atoms with van der Waals surface area (Å²) in [5, 5.41) is 2.86. The first kappa shape index (κ1) is 31.6. The lowest BCUT2D eigenvalue weighted by atomic mass is 10.1. The molecule has 0 aliphatic carbocycles. The van der Waals surface area contributed by atoms with Gasteiger partial charge >= 0.3 is 5.97 Å². The lowest BCUT2D eigenvalue weighted by Crippen LogP contribution is -3.00. The molecule has 2 aromatic carbocycles. The van der Waals surface area contributed by atoms with Gasteiger partial charge in [-0.25, -0.2) is 4.79 Å². The molecule has 0 aliphatic rings. The molecule has 0 aromatic heterocycles. The number of halogens is 1. The van der Waals surface area contributed by atoms with Crippen LogP contribution in [0.3, 0.4) is 0 Å². The molecule has 0 bridgehead atoms. The van der Waals surface area contributed by atoms with Crippen molar-refractivity contribution < 1.29 is 40.5 Å². The van der Waals surface area contributed by atoms with E-state index < -0.39 is 0 Å². The molecule has 7 heteroatoms. The number of ether oxygens (including phenoxy) is 2. The van der Waals surface area contributed by atoms with Crippen molar-refractivity contribution in [3.8, 4) is 5.75 Å². The third-order valence-electron chi connectivity index (χ3n) is 6.65. The average molecular weight is 564 g/mol. The molecule has 0 spiro atoms. The molecule has 0 fully saturated rings. The molecular formula is C29H43BrN2O4. The largest absolute Gasteiger partial charge is 1.00 e. The Morgan fingerprint density at radius 3 is 1.97 bits per heavy atom. The van der Waals surface area contributed by atoms with Gasteiger partial charge in [-0.1, -0.05) is 39.0 Å². The fourth-order valence-electron chi connectivity index (χ4n) is 3.65. The van der Waals surface area contributed by atoms with Gasteiger partial charge in [0.15, 0.2) is 0 Å². The van der Waals surface area contributed by atoms with Crippen molar-refractivity contribution in [1.82, 2.24) is 0 Å². The first-order valence-electron chi connectivity index (χ1n) is 13.1. The van der Waals surface area contributed by atoms with Crippen LogP contribution in [0.1, 0.15) is 80.0 Å². The number of anilines is 1. The maximum atomic E-state index is 12.6. The van der Waals surface area contributed by atoms with Gasteiger partial charge in [0.2, 0.25) is 0 Å². The van der Waals surface area contributed by atoms with E-state index in [-0.39, 0.29) is 28.9 Å². The molecule has 0 aliphatic heterocycles. The first-order chi connectivity index (χ1) is 16.9. The molecule has 0 saturated carbocycles. The minimum atomic E-state index is -0.349. The van der Waals surface area contributed by atoms with Crippen LogP contribution in [-0.4, -0.2) is 56.3 Å². The maximum Gasteiger partial charge on any atom is 0.338 e. The highest BCUT2D eigenvalue weighted by molar-refractivity contribution is 6.04. The molecule has 0 saturated heterocycles. The van der Waals surface area contributed by atoms with Crippen LogP contribution in [0, 0.1) is 0 Å². The van der Waals surface area contributed by atoms with E-state index in [4.69, 9.17) is 9.47 Å². The number of nitrogens with zero attached hydrogens (tertiary/aromatic N) is 1. The summed E-state index contributed by atoms with van der Waals surface area (Å²) in [5.74, 6) is 0.215. The van der Waals surface area contributed by atoms with Crippen molar-refractivity contribution in [2.24, 2.45) is 0 Å². The fourth-order valence-corrected chi connectivity index (χ4v) is 3.65. The summed E-state index contributed by atoms with van der Waals surface area (Å²) >= 11 is 0. The summed E-state index contributed by atoms with van der Waals surface area (Å²) in [7, 11) is 2.16. The number of rotatable bonds is 16. The zero-order valence-electron chi connectivity index (χ0n) is 22.4. The number of quaternary nitrogens is 1. The van der Waals surface area contributed by atoms with E-state index in [2.05, 4.69) is 33.1 Å². The maximum absolute atomic E-state index is 12.6. The van der Waals surface area contributed by atoms with E-state index in [9.17, 15) is 9.59 Å². The van der Waals surface area contributed by atoms with Crippen molar-refractivity contribution in [2.75, 3.05) is 45.2 Å². The van der Waals surface area contributed by atoms with Crippen molar-refractivity contribution in [1.29, 1.82) is 0 Å². The standard InChI is InChI=1S/C29H42N2O4.BrH/c1-5-8-9-10-11-12-22-34-27-19-15-24(16-20-27)28(32)30-26-17-13-25(14-18-26)29(33)35-23-21-31(4,6-2)7-3;/h13-20H,5-12,21-23H2,1-4H3;1H. The number of esters is 1. The Hall–Kier alpha value is -2.38. The second-order valence-electron chi connectivity index (χ2n) is 9.28. The lowest BCUT2D eigenvalue weighted by Gasteiger charge is -2.31. The molecule has 0 unspecified atom stereocenters. The van der Waals surface area contributed by atoms with Crippen LogP contribution in [0.4, 0.5) is 5.69 Å². The predicted octanol–water partition coefficient (Wildman–Crippen LogP) is 3.33. The number of carbonyl (C=O) groups excluding carboxylic acids is 2. The second-order valence-corrected chi connectivity index (χ2v) is 9.28. The minimum absolute atomic E-state index is 0. The van der Waals surface area contributed by atoms with Crippen LogP contribution in [0.15, 0.2) is 48.5 Å². The fraction of sp³-hybridized carbons (Fsp3) is 0.517. The molecule has 6 nitrogen and oxygen atoms in total. The number of amides is 1. The van der Waals surface area contributed by atoms with Gasteiger partial charge in [0, 0.05) is 11.3 Å². The van der Waals surface area contributed by atoms with Gasteiger partial charge < -0.3 is 36.3 Å². The molecule has 0 heterocycles. The zero-order chi connectivity index (χ0) is 25.5. The van der Waals surface area contributed by atoms with Gasteiger partial charge in [0.05, 0.1) is 32.3 Å². The predicted molar refractivity (Wildman–Crippen MR) is 142 cm³/mol. The molecule has 36 heavy (non-hydrogen) atoms. The zero-order valence-corrected chi connectivity index (χ0v) is 23.9. The van der Waals surface area contributed by atoms with Crippen LogP contribution in [0.5, 0.6) is 5.75 Å². The summed E-state index contributed by atoms with van der Waals surface area (Å²) in [6.07, 6.45) is 7.35. The Morgan fingerprint density at radius 1 is 0.778 bits per heavy atom.